The number of hydrogen-bond donors (Lipinski definition) is 0. The Kier molecular flexibility index (Phi) is 4.66. The normalized spacial score (nSPS) is 14.0. The Hall–Kier alpha value is -2.39. The molecule has 1 aliphatic heterocycles. The lowest BCUT2D eigenvalue weighted by atomic mass is 10.1. The summed E-state index contributed by atoms with van der Waals surface area (Å²) in [5.41, 5.74) is 2.31. The van der Waals surface area contributed by atoms with Gasteiger partial charge in [-0.3, -0.25) is 0 Å². The third-order valence-electron chi connectivity index (χ3n) is 4.77. The lowest BCUT2D eigenvalue weighted by Gasteiger charge is -2.18. The average Bonchev–Trinajstić information content (AvgIpc) is 3.21. The molecule has 3 aromatic carbocycles. The first-order valence-electron chi connectivity index (χ1n) is 8.80. The van der Waals surface area contributed by atoms with Crippen LogP contribution in [0.1, 0.15) is 24.0 Å². The molecule has 0 radical (unpaired) electrons. The molecular weight excluding hydrogens is 326 g/mol. The van der Waals surface area contributed by atoms with Crippen LogP contribution in [0.2, 0.25) is 0 Å². The van der Waals surface area contributed by atoms with Crippen molar-refractivity contribution in [3.8, 4) is 5.75 Å². The molecule has 1 heterocycles. The minimum absolute atomic E-state index is 0.567. The minimum atomic E-state index is 0.567. The van der Waals surface area contributed by atoms with Gasteiger partial charge >= 0.3 is 0 Å². The smallest absolute Gasteiger partial charge is 0.119 e. The van der Waals surface area contributed by atoms with Crippen LogP contribution in [-0.2, 0) is 6.61 Å². The maximum absolute atomic E-state index is 6.00. The molecular formula is C22H21NOS. The summed E-state index contributed by atoms with van der Waals surface area (Å²) in [5.74, 6) is 0.876. The van der Waals surface area contributed by atoms with Crippen molar-refractivity contribution < 1.29 is 4.74 Å². The Morgan fingerprint density at radius 2 is 1.60 bits per heavy atom. The van der Waals surface area contributed by atoms with Crippen LogP contribution < -0.4 is 4.74 Å². The quantitative estimate of drug-likeness (QED) is 0.603. The number of nitrogens with zero attached hydrogens (tertiary/aromatic N) is 1. The van der Waals surface area contributed by atoms with Crippen LogP contribution >= 0.6 is 12.2 Å². The third kappa shape index (κ3) is 3.52. The van der Waals surface area contributed by atoms with E-state index < -0.39 is 0 Å². The van der Waals surface area contributed by atoms with Gasteiger partial charge in [-0.25, -0.2) is 0 Å². The first kappa shape index (κ1) is 16.1. The number of fused-ring (bicyclic) bond motifs is 1. The summed E-state index contributed by atoms with van der Waals surface area (Å²) in [6.07, 6.45) is 2.48. The highest BCUT2D eigenvalue weighted by Crippen LogP contribution is 2.22. The van der Waals surface area contributed by atoms with Crippen LogP contribution in [0.3, 0.4) is 0 Å². The predicted molar refractivity (Wildman–Crippen MR) is 107 cm³/mol. The van der Waals surface area contributed by atoms with Crippen LogP contribution in [0, 0.1) is 0 Å². The van der Waals surface area contributed by atoms with Crippen LogP contribution in [0.5, 0.6) is 5.75 Å². The zero-order valence-corrected chi connectivity index (χ0v) is 15.0. The van der Waals surface area contributed by atoms with Crippen molar-refractivity contribution in [2.45, 2.75) is 19.4 Å². The number of likely N-dealkylation sites (tertiary alicyclic amines) is 1. The first-order valence-corrected chi connectivity index (χ1v) is 9.21. The van der Waals surface area contributed by atoms with Crippen molar-refractivity contribution in [1.29, 1.82) is 0 Å². The van der Waals surface area contributed by atoms with Crippen molar-refractivity contribution in [2.24, 2.45) is 0 Å². The number of benzene rings is 3. The Morgan fingerprint density at radius 1 is 0.880 bits per heavy atom. The van der Waals surface area contributed by atoms with Gasteiger partial charge in [-0.15, -0.1) is 0 Å². The molecule has 2 nitrogen and oxygen atoms in total. The van der Waals surface area contributed by atoms with E-state index in [1.165, 1.54) is 29.2 Å². The fourth-order valence-electron chi connectivity index (χ4n) is 3.38. The van der Waals surface area contributed by atoms with Crippen molar-refractivity contribution in [2.75, 3.05) is 13.1 Å². The summed E-state index contributed by atoms with van der Waals surface area (Å²) < 4.78 is 6.00. The van der Waals surface area contributed by atoms with E-state index in [0.29, 0.717) is 6.61 Å². The summed E-state index contributed by atoms with van der Waals surface area (Å²) in [7, 11) is 0. The summed E-state index contributed by atoms with van der Waals surface area (Å²) in [6, 6.07) is 22.9. The van der Waals surface area contributed by atoms with Gasteiger partial charge in [0.05, 0.1) is 0 Å². The maximum Gasteiger partial charge on any atom is 0.119 e. The summed E-state index contributed by atoms with van der Waals surface area (Å²) in [6.45, 7) is 2.73. The van der Waals surface area contributed by atoms with E-state index in [4.69, 9.17) is 17.0 Å². The standard InChI is InChI=1S/C22H21NOS/c25-22(23-14-3-4-15-23)18-10-12-20(13-11-18)24-16-19-8-5-7-17-6-1-2-9-21(17)19/h1-2,5-13H,3-4,14-16H2. The molecule has 0 atom stereocenters. The second-order valence-corrected chi connectivity index (χ2v) is 6.84. The molecule has 0 saturated carbocycles. The van der Waals surface area contributed by atoms with Crippen molar-refractivity contribution >= 4 is 28.0 Å². The fourth-order valence-corrected chi connectivity index (χ4v) is 3.69. The van der Waals surface area contributed by atoms with E-state index in [0.717, 1.165) is 29.4 Å². The molecule has 0 bridgehead atoms. The molecule has 25 heavy (non-hydrogen) atoms. The Bertz CT molecular complexity index is 877. The molecule has 3 heteroatoms. The van der Waals surface area contributed by atoms with E-state index in [1.807, 2.05) is 12.1 Å². The molecule has 126 valence electrons. The van der Waals surface area contributed by atoms with Crippen LogP contribution in [0.25, 0.3) is 10.8 Å². The second kappa shape index (κ2) is 7.24. The molecule has 1 saturated heterocycles. The molecule has 1 fully saturated rings. The van der Waals surface area contributed by atoms with Gasteiger partial charge in [0.25, 0.3) is 0 Å². The number of rotatable bonds is 4. The molecule has 4 rings (SSSR count). The van der Waals surface area contributed by atoms with Gasteiger partial charge in [0, 0.05) is 18.7 Å². The summed E-state index contributed by atoms with van der Waals surface area (Å²) in [4.78, 5) is 3.25. The SMILES string of the molecule is S=C(c1ccc(OCc2cccc3ccccc23)cc1)N1CCCC1. The topological polar surface area (TPSA) is 12.5 Å². The molecule has 3 aromatic rings. The van der Waals surface area contributed by atoms with Crippen LogP contribution in [0.15, 0.2) is 66.7 Å². The number of thiocarbonyl (C=S) groups is 1. The highest BCUT2D eigenvalue weighted by Gasteiger charge is 2.15. The molecule has 0 unspecified atom stereocenters. The van der Waals surface area contributed by atoms with Gasteiger partial charge in [-0.1, -0.05) is 54.7 Å². The third-order valence-corrected chi connectivity index (χ3v) is 5.26. The summed E-state index contributed by atoms with van der Waals surface area (Å²) >= 11 is 5.60. The van der Waals surface area contributed by atoms with Gasteiger partial charge < -0.3 is 9.64 Å². The molecule has 0 aliphatic carbocycles. The molecule has 0 amide bonds. The Labute approximate surface area is 154 Å². The van der Waals surface area contributed by atoms with E-state index in [-0.39, 0.29) is 0 Å². The molecule has 0 aromatic heterocycles. The zero-order chi connectivity index (χ0) is 17.1. The Morgan fingerprint density at radius 3 is 2.40 bits per heavy atom. The highest BCUT2D eigenvalue weighted by molar-refractivity contribution is 7.80. The van der Waals surface area contributed by atoms with Crippen molar-refractivity contribution in [3.05, 3.63) is 77.9 Å². The first-order chi connectivity index (χ1) is 12.3. The van der Waals surface area contributed by atoms with E-state index in [9.17, 15) is 0 Å². The van der Waals surface area contributed by atoms with Crippen LogP contribution in [0.4, 0.5) is 0 Å². The minimum Gasteiger partial charge on any atom is -0.489 e. The molecule has 0 N–H and O–H groups in total. The van der Waals surface area contributed by atoms with Gasteiger partial charge in [0.1, 0.15) is 17.3 Å². The van der Waals surface area contributed by atoms with Gasteiger partial charge in [-0.2, -0.15) is 0 Å². The van der Waals surface area contributed by atoms with E-state index >= 15 is 0 Å². The van der Waals surface area contributed by atoms with E-state index in [1.54, 1.807) is 0 Å². The van der Waals surface area contributed by atoms with Gasteiger partial charge in [-0.05, 0) is 53.4 Å². The lowest BCUT2D eigenvalue weighted by Crippen LogP contribution is -2.26. The largest absolute Gasteiger partial charge is 0.489 e. The number of ether oxygens (including phenoxy) is 1. The van der Waals surface area contributed by atoms with Crippen molar-refractivity contribution in [3.63, 3.8) is 0 Å². The van der Waals surface area contributed by atoms with E-state index in [2.05, 4.69) is 59.5 Å². The average molecular weight is 347 g/mol. The highest BCUT2D eigenvalue weighted by atomic mass is 32.1. The fraction of sp³-hybridized carbons (Fsp3) is 0.227. The lowest BCUT2D eigenvalue weighted by molar-refractivity contribution is 0.307. The molecule has 1 aliphatic rings. The second-order valence-electron chi connectivity index (χ2n) is 6.45. The van der Waals surface area contributed by atoms with Gasteiger partial charge in [0.15, 0.2) is 0 Å². The van der Waals surface area contributed by atoms with Crippen LogP contribution in [-0.4, -0.2) is 23.0 Å². The number of hydrogen-bond acceptors (Lipinski definition) is 2. The Balaban J connectivity index is 1.45. The summed E-state index contributed by atoms with van der Waals surface area (Å²) in [5, 5.41) is 2.49. The zero-order valence-electron chi connectivity index (χ0n) is 14.2. The predicted octanol–water partition coefficient (Wildman–Crippen LogP) is 5.19. The monoisotopic (exact) mass is 347 g/mol. The maximum atomic E-state index is 6.00. The van der Waals surface area contributed by atoms with Crippen molar-refractivity contribution in [1.82, 2.24) is 4.90 Å². The van der Waals surface area contributed by atoms with Gasteiger partial charge in [0.2, 0.25) is 0 Å². The molecule has 0 spiro atoms.